The lowest BCUT2D eigenvalue weighted by Gasteiger charge is -2.14. The molecule has 0 unspecified atom stereocenters. The number of hydrogen-bond acceptors (Lipinski definition) is 4. The Bertz CT molecular complexity index is 562. The maximum atomic E-state index is 11.9. The predicted octanol–water partition coefficient (Wildman–Crippen LogP) is 3.86. The summed E-state index contributed by atoms with van der Waals surface area (Å²) in [6.45, 7) is 6.43. The summed E-state index contributed by atoms with van der Waals surface area (Å²) in [6.07, 6.45) is 2.14. The van der Waals surface area contributed by atoms with Gasteiger partial charge in [0.1, 0.15) is 5.52 Å². The van der Waals surface area contributed by atoms with Crippen molar-refractivity contribution in [3.8, 4) is 0 Å². The van der Waals surface area contributed by atoms with Crippen LogP contribution in [0.15, 0.2) is 33.9 Å². The van der Waals surface area contributed by atoms with Crippen molar-refractivity contribution in [2.24, 2.45) is 5.92 Å². The Morgan fingerprint density at radius 1 is 1.29 bits per heavy atom. The molecule has 1 atom stereocenters. The van der Waals surface area contributed by atoms with Gasteiger partial charge in [0.2, 0.25) is 5.91 Å². The fourth-order valence-electron chi connectivity index (χ4n) is 2.01. The molecule has 5 heteroatoms. The summed E-state index contributed by atoms with van der Waals surface area (Å²) in [7, 11) is 0. The summed E-state index contributed by atoms with van der Waals surface area (Å²) in [5.74, 6) is 1.02. The molecule has 1 aromatic carbocycles. The second-order valence-corrected chi connectivity index (χ2v) is 6.60. The first-order valence-corrected chi connectivity index (χ1v) is 8.31. The van der Waals surface area contributed by atoms with Crippen LogP contribution in [0.1, 0.15) is 33.6 Å². The molecule has 0 bridgehead atoms. The van der Waals surface area contributed by atoms with Gasteiger partial charge in [-0.2, -0.15) is 0 Å². The van der Waals surface area contributed by atoms with E-state index in [2.05, 4.69) is 24.1 Å². The van der Waals surface area contributed by atoms with Gasteiger partial charge in [-0.3, -0.25) is 4.79 Å². The van der Waals surface area contributed by atoms with Crippen molar-refractivity contribution in [3.63, 3.8) is 0 Å². The van der Waals surface area contributed by atoms with E-state index < -0.39 is 0 Å². The maximum Gasteiger partial charge on any atom is 0.257 e. The zero-order chi connectivity index (χ0) is 15.2. The smallest absolute Gasteiger partial charge is 0.257 e. The number of nitrogens with one attached hydrogen (secondary N) is 1. The van der Waals surface area contributed by atoms with Crippen LogP contribution in [0.4, 0.5) is 0 Å². The van der Waals surface area contributed by atoms with Crippen LogP contribution in [0, 0.1) is 5.92 Å². The van der Waals surface area contributed by atoms with Crippen LogP contribution in [0.2, 0.25) is 0 Å². The van der Waals surface area contributed by atoms with E-state index >= 15 is 0 Å². The normalized spacial score (nSPS) is 12.8. The Morgan fingerprint density at radius 3 is 2.76 bits per heavy atom. The first kappa shape index (κ1) is 15.9. The Balaban J connectivity index is 1.78. The number of carbonyl (C=O) groups excluding carboxylic acids is 1. The quantitative estimate of drug-likeness (QED) is 0.789. The van der Waals surface area contributed by atoms with Gasteiger partial charge < -0.3 is 9.73 Å². The fraction of sp³-hybridized carbons (Fsp3) is 0.500. The highest BCUT2D eigenvalue weighted by molar-refractivity contribution is 7.99. The summed E-state index contributed by atoms with van der Waals surface area (Å²) < 4.78 is 5.57. The molecule has 0 aliphatic rings. The van der Waals surface area contributed by atoms with Crippen LogP contribution < -0.4 is 5.32 Å². The number of carbonyl (C=O) groups is 1. The number of nitrogens with zero attached hydrogens (tertiary/aromatic N) is 1. The Labute approximate surface area is 129 Å². The first-order valence-electron chi connectivity index (χ1n) is 7.32. The standard InChI is InChI=1S/C16H22N2O2S/c1-11(2)8-9-12(3)17-15(19)10-21-16-18-13-6-4-5-7-14(13)20-16/h4-7,11-12H,8-10H2,1-3H3,(H,17,19)/t12-/m1/s1. The minimum absolute atomic E-state index is 0.0264. The van der Waals surface area contributed by atoms with Gasteiger partial charge in [0.25, 0.3) is 5.22 Å². The van der Waals surface area contributed by atoms with Gasteiger partial charge >= 0.3 is 0 Å². The molecule has 2 aromatic rings. The summed E-state index contributed by atoms with van der Waals surface area (Å²) in [5, 5.41) is 3.55. The number of amides is 1. The third-order valence-corrected chi connectivity index (χ3v) is 4.01. The summed E-state index contributed by atoms with van der Waals surface area (Å²) in [4.78, 5) is 16.2. The molecule has 0 saturated heterocycles. The average Bonchev–Trinajstić information content (AvgIpc) is 2.86. The zero-order valence-electron chi connectivity index (χ0n) is 12.8. The highest BCUT2D eigenvalue weighted by Crippen LogP contribution is 2.22. The van der Waals surface area contributed by atoms with Gasteiger partial charge in [-0.1, -0.05) is 37.7 Å². The molecule has 1 amide bonds. The summed E-state index contributed by atoms with van der Waals surface area (Å²) in [5.41, 5.74) is 1.58. The minimum atomic E-state index is 0.0264. The largest absolute Gasteiger partial charge is 0.431 e. The number of fused-ring (bicyclic) bond motifs is 1. The minimum Gasteiger partial charge on any atom is -0.431 e. The van der Waals surface area contributed by atoms with Crippen LogP contribution >= 0.6 is 11.8 Å². The van der Waals surface area contributed by atoms with Crippen LogP contribution in [-0.4, -0.2) is 22.7 Å². The third-order valence-electron chi connectivity index (χ3n) is 3.19. The Hall–Kier alpha value is -1.49. The number of aromatic nitrogens is 1. The lowest BCUT2D eigenvalue weighted by atomic mass is 10.0. The fourth-order valence-corrected chi connectivity index (χ4v) is 2.66. The molecule has 0 spiro atoms. The first-order chi connectivity index (χ1) is 10.0. The monoisotopic (exact) mass is 306 g/mol. The molecule has 114 valence electrons. The molecule has 4 nitrogen and oxygen atoms in total. The van der Waals surface area contributed by atoms with E-state index in [1.165, 1.54) is 11.8 Å². The maximum absolute atomic E-state index is 11.9. The molecule has 1 N–H and O–H groups in total. The molecular weight excluding hydrogens is 284 g/mol. The van der Waals surface area contributed by atoms with Crippen molar-refractivity contribution in [2.45, 2.75) is 44.9 Å². The van der Waals surface area contributed by atoms with Crippen molar-refractivity contribution < 1.29 is 9.21 Å². The van der Waals surface area contributed by atoms with E-state index in [1.54, 1.807) is 0 Å². The highest BCUT2D eigenvalue weighted by atomic mass is 32.2. The number of oxazole rings is 1. The second kappa shape index (κ2) is 7.50. The van der Waals surface area contributed by atoms with Gasteiger partial charge in [0.05, 0.1) is 5.75 Å². The number of thioether (sulfide) groups is 1. The van der Waals surface area contributed by atoms with Gasteiger partial charge in [-0.25, -0.2) is 4.98 Å². The summed E-state index contributed by atoms with van der Waals surface area (Å²) in [6, 6.07) is 7.81. The highest BCUT2D eigenvalue weighted by Gasteiger charge is 2.11. The molecule has 0 saturated carbocycles. The van der Waals surface area contributed by atoms with Crippen molar-refractivity contribution in [1.29, 1.82) is 0 Å². The van der Waals surface area contributed by atoms with Crippen molar-refractivity contribution in [1.82, 2.24) is 10.3 Å². The molecule has 0 fully saturated rings. The van der Waals surface area contributed by atoms with E-state index in [1.807, 2.05) is 31.2 Å². The number of para-hydroxylation sites is 2. The average molecular weight is 306 g/mol. The van der Waals surface area contributed by atoms with Crippen LogP contribution in [0.5, 0.6) is 0 Å². The second-order valence-electron chi connectivity index (χ2n) is 5.68. The molecule has 2 rings (SSSR count). The molecule has 0 radical (unpaired) electrons. The third kappa shape index (κ3) is 5.08. The van der Waals surface area contributed by atoms with Crippen molar-refractivity contribution in [3.05, 3.63) is 24.3 Å². The van der Waals surface area contributed by atoms with E-state index in [4.69, 9.17) is 4.42 Å². The number of benzene rings is 1. The summed E-state index contributed by atoms with van der Waals surface area (Å²) >= 11 is 1.33. The zero-order valence-corrected chi connectivity index (χ0v) is 13.6. The number of hydrogen-bond donors (Lipinski definition) is 1. The van der Waals surface area contributed by atoms with Crippen LogP contribution in [-0.2, 0) is 4.79 Å². The van der Waals surface area contributed by atoms with Gasteiger partial charge in [-0.15, -0.1) is 0 Å². The van der Waals surface area contributed by atoms with Crippen LogP contribution in [0.25, 0.3) is 11.1 Å². The topological polar surface area (TPSA) is 55.1 Å². The molecule has 21 heavy (non-hydrogen) atoms. The number of rotatable bonds is 7. The van der Waals surface area contributed by atoms with Crippen molar-refractivity contribution in [2.75, 3.05) is 5.75 Å². The lowest BCUT2D eigenvalue weighted by molar-refractivity contribution is -0.119. The van der Waals surface area contributed by atoms with Crippen molar-refractivity contribution >= 4 is 28.8 Å². The molecular formula is C16H22N2O2S. The molecule has 1 aromatic heterocycles. The van der Waals surface area contributed by atoms with E-state index in [0.717, 1.165) is 23.9 Å². The predicted molar refractivity (Wildman–Crippen MR) is 86.4 cm³/mol. The van der Waals surface area contributed by atoms with E-state index in [0.29, 0.717) is 16.9 Å². The SMILES string of the molecule is CC(C)CC[C@@H](C)NC(=O)CSc1nc2ccccc2o1. The Kier molecular flexibility index (Phi) is 5.67. The molecule has 0 aliphatic heterocycles. The van der Waals surface area contributed by atoms with E-state index in [-0.39, 0.29) is 11.9 Å². The van der Waals surface area contributed by atoms with Crippen LogP contribution in [0.3, 0.4) is 0 Å². The van der Waals surface area contributed by atoms with Gasteiger partial charge in [0.15, 0.2) is 5.58 Å². The van der Waals surface area contributed by atoms with Gasteiger partial charge in [-0.05, 0) is 37.8 Å². The Morgan fingerprint density at radius 2 is 2.05 bits per heavy atom. The van der Waals surface area contributed by atoms with Gasteiger partial charge in [0, 0.05) is 6.04 Å². The lowest BCUT2D eigenvalue weighted by Crippen LogP contribution is -2.34. The van der Waals surface area contributed by atoms with E-state index in [9.17, 15) is 4.79 Å². The molecule has 1 heterocycles. The molecule has 0 aliphatic carbocycles.